The molecule has 1 aromatic carbocycles. The lowest BCUT2D eigenvalue weighted by molar-refractivity contribution is -0.123. The van der Waals surface area contributed by atoms with Crippen molar-refractivity contribution in [2.45, 2.75) is 57.1 Å². The number of hydrogen-bond donors (Lipinski definition) is 2. The number of amides is 1. The number of nitrogens with one attached hydrogen (secondary N) is 2. The summed E-state index contributed by atoms with van der Waals surface area (Å²) in [5.74, 6) is -0.365. The van der Waals surface area contributed by atoms with E-state index in [4.69, 9.17) is 0 Å². The Morgan fingerprint density at radius 1 is 1.08 bits per heavy atom. The first-order valence-electron chi connectivity index (χ1n) is 8.38. The van der Waals surface area contributed by atoms with Crippen LogP contribution in [0, 0.1) is 5.92 Å². The van der Waals surface area contributed by atoms with E-state index in [1.807, 2.05) is 0 Å². The van der Waals surface area contributed by atoms with Gasteiger partial charge in [0.25, 0.3) is 5.91 Å². The highest BCUT2D eigenvalue weighted by molar-refractivity contribution is 7.89. The second kappa shape index (κ2) is 9.36. The number of carbonyl (C=O) groups is 1. The Morgan fingerprint density at radius 3 is 2.15 bits per heavy atom. The van der Waals surface area contributed by atoms with Gasteiger partial charge in [0, 0.05) is 11.6 Å². The van der Waals surface area contributed by atoms with Gasteiger partial charge in [0.15, 0.2) is 0 Å². The lowest BCUT2D eigenvalue weighted by atomic mass is 10.0. The van der Waals surface area contributed by atoms with Crippen LogP contribution in [-0.4, -0.2) is 33.1 Å². The van der Waals surface area contributed by atoms with E-state index in [0.717, 1.165) is 12.8 Å². The lowest BCUT2D eigenvalue weighted by Crippen LogP contribution is -2.34. The van der Waals surface area contributed by atoms with Gasteiger partial charge in [0.05, 0.1) is 4.90 Å². The predicted molar refractivity (Wildman–Crippen MR) is 93.3 cm³/mol. The highest BCUT2D eigenvalue weighted by Crippen LogP contribution is 2.15. The van der Waals surface area contributed by atoms with E-state index in [1.165, 1.54) is 24.3 Å². The van der Waals surface area contributed by atoms with Crippen molar-refractivity contribution in [2.24, 2.45) is 5.92 Å². The van der Waals surface area contributed by atoms with E-state index >= 15 is 0 Å². The second-order valence-electron chi connectivity index (χ2n) is 6.67. The highest BCUT2D eigenvalue weighted by Gasteiger charge is 2.28. The van der Waals surface area contributed by atoms with Crippen LogP contribution in [-0.2, 0) is 10.0 Å². The van der Waals surface area contributed by atoms with Gasteiger partial charge in [-0.15, -0.1) is 0 Å². The summed E-state index contributed by atoms with van der Waals surface area (Å²) in [6.07, 6.45) is -1.89. The molecule has 0 heterocycles. The Kier molecular flexibility index (Phi) is 8.08. The van der Waals surface area contributed by atoms with Crippen molar-refractivity contribution in [2.75, 3.05) is 6.54 Å². The van der Waals surface area contributed by atoms with Gasteiger partial charge in [-0.3, -0.25) is 4.79 Å². The fourth-order valence-electron chi connectivity index (χ4n) is 2.29. The van der Waals surface area contributed by atoms with E-state index in [9.17, 15) is 26.4 Å². The van der Waals surface area contributed by atoms with Crippen LogP contribution >= 0.6 is 0 Å². The van der Waals surface area contributed by atoms with Crippen molar-refractivity contribution >= 4 is 15.9 Å². The molecule has 1 rings (SSSR count). The van der Waals surface area contributed by atoms with Crippen molar-refractivity contribution in [1.29, 1.82) is 0 Å². The van der Waals surface area contributed by atoms with Crippen LogP contribution in [0.4, 0.5) is 13.2 Å². The number of sulfonamides is 1. The van der Waals surface area contributed by atoms with Crippen molar-refractivity contribution < 1.29 is 26.4 Å². The summed E-state index contributed by atoms with van der Waals surface area (Å²) >= 11 is 0. The monoisotopic (exact) mass is 394 g/mol. The molecule has 5 nitrogen and oxygen atoms in total. The number of hydrogen-bond acceptors (Lipinski definition) is 3. The minimum Gasteiger partial charge on any atom is -0.343 e. The molecule has 0 fully saturated rings. The maximum Gasteiger partial charge on any atom is 0.405 e. The SMILES string of the molecule is CC(C)CCCC(C)NS(=O)(=O)c1ccc(C(=O)NCC(F)(F)F)cc1. The maximum atomic E-state index is 12.3. The Morgan fingerprint density at radius 2 is 1.65 bits per heavy atom. The van der Waals surface area contributed by atoms with Crippen LogP contribution in [0.2, 0.25) is 0 Å². The molecular formula is C17H25F3N2O3S. The van der Waals surface area contributed by atoms with Gasteiger partial charge in [-0.05, 0) is 43.5 Å². The van der Waals surface area contributed by atoms with Crippen LogP contribution in [0.25, 0.3) is 0 Å². The van der Waals surface area contributed by atoms with E-state index in [1.54, 1.807) is 12.2 Å². The zero-order valence-corrected chi connectivity index (χ0v) is 15.9. The Labute approximate surface area is 152 Å². The Hall–Kier alpha value is -1.61. The smallest absolute Gasteiger partial charge is 0.343 e. The highest BCUT2D eigenvalue weighted by atomic mass is 32.2. The maximum absolute atomic E-state index is 12.3. The van der Waals surface area contributed by atoms with E-state index in [-0.39, 0.29) is 16.5 Å². The molecule has 0 bridgehead atoms. The summed E-state index contributed by atoms with van der Waals surface area (Å²) in [5, 5.41) is 1.73. The van der Waals surface area contributed by atoms with Crippen molar-refractivity contribution in [3.8, 4) is 0 Å². The molecule has 0 saturated heterocycles. The first kappa shape index (κ1) is 22.4. The lowest BCUT2D eigenvalue weighted by Gasteiger charge is -2.15. The summed E-state index contributed by atoms with van der Waals surface area (Å²) in [6.45, 7) is 4.53. The molecule has 1 amide bonds. The van der Waals surface area contributed by atoms with Crippen LogP contribution in [0.1, 0.15) is 50.4 Å². The summed E-state index contributed by atoms with van der Waals surface area (Å²) in [4.78, 5) is 11.6. The van der Waals surface area contributed by atoms with Gasteiger partial charge in [0.2, 0.25) is 10.0 Å². The molecule has 2 N–H and O–H groups in total. The second-order valence-corrected chi connectivity index (χ2v) is 8.38. The molecule has 0 aliphatic heterocycles. The van der Waals surface area contributed by atoms with Gasteiger partial charge in [0.1, 0.15) is 6.54 Å². The Balaban J connectivity index is 2.67. The zero-order valence-electron chi connectivity index (χ0n) is 15.1. The van der Waals surface area contributed by atoms with Crippen LogP contribution in [0.15, 0.2) is 29.2 Å². The third kappa shape index (κ3) is 8.18. The van der Waals surface area contributed by atoms with E-state index < -0.39 is 28.7 Å². The standard InChI is InChI=1S/C17H25F3N2O3S/c1-12(2)5-4-6-13(3)22-26(24,25)15-9-7-14(8-10-15)16(23)21-11-17(18,19)20/h7-10,12-13,22H,4-6,11H2,1-3H3,(H,21,23). The summed E-state index contributed by atoms with van der Waals surface area (Å²) in [5.41, 5.74) is -0.0434. The number of rotatable bonds is 9. The van der Waals surface area contributed by atoms with Crippen LogP contribution in [0.5, 0.6) is 0 Å². The van der Waals surface area contributed by atoms with Crippen molar-refractivity contribution in [3.63, 3.8) is 0 Å². The zero-order chi connectivity index (χ0) is 20.0. The summed E-state index contributed by atoms with van der Waals surface area (Å²) in [6, 6.07) is 4.53. The number of carbonyl (C=O) groups excluding carboxylic acids is 1. The molecule has 9 heteroatoms. The van der Waals surface area contributed by atoms with E-state index in [0.29, 0.717) is 12.3 Å². The summed E-state index contributed by atoms with van der Waals surface area (Å²) in [7, 11) is -3.75. The van der Waals surface area contributed by atoms with Crippen molar-refractivity contribution in [1.82, 2.24) is 10.0 Å². The van der Waals surface area contributed by atoms with Crippen LogP contribution in [0.3, 0.4) is 0 Å². The largest absolute Gasteiger partial charge is 0.405 e. The summed E-state index contributed by atoms with van der Waals surface area (Å²) < 4.78 is 63.5. The van der Waals surface area contributed by atoms with Gasteiger partial charge < -0.3 is 5.32 Å². The van der Waals surface area contributed by atoms with Gasteiger partial charge in [-0.25, -0.2) is 13.1 Å². The minimum absolute atomic E-state index is 0.0411. The third-order valence-electron chi connectivity index (χ3n) is 3.65. The van der Waals surface area contributed by atoms with Gasteiger partial charge >= 0.3 is 6.18 Å². The Bertz CT molecular complexity index is 686. The molecule has 0 radical (unpaired) electrons. The van der Waals surface area contributed by atoms with Crippen LogP contribution < -0.4 is 10.0 Å². The molecule has 1 atom stereocenters. The first-order chi connectivity index (χ1) is 11.9. The number of halogens is 3. The van der Waals surface area contributed by atoms with E-state index in [2.05, 4.69) is 18.6 Å². The molecule has 26 heavy (non-hydrogen) atoms. The quantitative estimate of drug-likeness (QED) is 0.673. The molecular weight excluding hydrogens is 369 g/mol. The fraction of sp³-hybridized carbons (Fsp3) is 0.588. The predicted octanol–water partition coefficient (Wildman–Crippen LogP) is 3.47. The minimum atomic E-state index is -4.51. The topological polar surface area (TPSA) is 75.3 Å². The third-order valence-corrected chi connectivity index (χ3v) is 5.26. The fourth-order valence-corrected chi connectivity index (χ4v) is 3.57. The van der Waals surface area contributed by atoms with Crippen molar-refractivity contribution in [3.05, 3.63) is 29.8 Å². The van der Waals surface area contributed by atoms with Gasteiger partial charge in [-0.2, -0.15) is 13.2 Å². The molecule has 1 unspecified atom stereocenters. The average molecular weight is 394 g/mol. The molecule has 0 saturated carbocycles. The molecule has 148 valence electrons. The average Bonchev–Trinajstić information content (AvgIpc) is 2.51. The molecule has 1 aromatic rings. The first-order valence-corrected chi connectivity index (χ1v) is 9.86. The molecule has 0 aliphatic carbocycles. The van der Waals surface area contributed by atoms with Gasteiger partial charge in [-0.1, -0.05) is 26.7 Å². The normalized spacial score (nSPS) is 13.7. The molecule has 0 aromatic heterocycles. The number of alkyl halides is 3. The number of benzene rings is 1. The molecule has 0 spiro atoms. The molecule has 0 aliphatic rings.